The molecule has 0 fully saturated rings. The fraction of sp³-hybridized carbons (Fsp3) is 0.188. The molecule has 122 valence electrons. The molecule has 0 atom stereocenters. The van der Waals surface area contributed by atoms with Gasteiger partial charge in [-0.3, -0.25) is 10.1 Å². The van der Waals surface area contributed by atoms with Crippen LogP contribution in [0.3, 0.4) is 0 Å². The number of halogens is 1. The van der Waals surface area contributed by atoms with Crippen LogP contribution >= 0.6 is 15.9 Å². The lowest BCUT2D eigenvalue weighted by Crippen LogP contribution is -1.99. The Morgan fingerprint density at radius 3 is 2.22 bits per heavy atom. The summed E-state index contributed by atoms with van der Waals surface area (Å²) < 4.78 is 6.15. The Kier molecular flexibility index (Phi) is 6.71. The fourth-order valence-corrected chi connectivity index (χ4v) is 2.38. The second kappa shape index (κ2) is 8.28. The van der Waals surface area contributed by atoms with E-state index in [1.807, 2.05) is 13.8 Å². The summed E-state index contributed by atoms with van der Waals surface area (Å²) in [5.74, 6) is -0.137. The van der Waals surface area contributed by atoms with Crippen LogP contribution in [0.2, 0.25) is 0 Å². The lowest BCUT2D eigenvalue weighted by molar-refractivity contribution is -0.384. The molecule has 0 spiro atoms. The molecular formula is C16H16BrNO5. The maximum atomic E-state index is 11.0. The van der Waals surface area contributed by atoms with Gasteiger partial charge in [0.25, 0.3) is 5.69 Å². The highest BCUT2D eigenvalue weighted by Crippen LogP contribution is 2.34. The van der Waals surface area contributed by atoms with Crippen LogP contribution in [0.25, 0.3) is 0 Å². The average Bonchev–Trinajstić information content (AvgIpc) is 2.53. The van der Waals surface area contributed by atoms with Crippen LogP contribution in [-0.4, -0.2) is 16.0 Å². The standard InChI is InChI=1S/C14H10BrNO5.C2H6/c1-8-6-9(14(17)18)7-12(15)13(8)21-11-4-2-10(3-5-11)16(19)20;1-2/h2-7H,1H3,(H,17,18);1-2H3. The number of hydrogen-bond acceptors (Lipinski definition) is 4. The third-order valence-corrected chi connectivity index (χ3v) is 3.33. The molecular weight excluding hydrogens is 366 g/mol. The zero-order chi connectivity index (χ0) is 17.6. The zero-order valence-electron chi connectivity index (χ0n) is 12.9. The van der Waals surface area contributed by atoms with Crippen molar-refractivity contribution in [1.29, 1.82) is 0 Å². The third-order valence-electron chi connectivity index (χ3n) is 2.74. The van der Waals surface area contributed by atoms with E-state index in [4.69, 9.17) is 9.84 Å². The summed E-state index contributed by atoms with van der Waals surface area (Å²) in [5, 5.41) is 19.6. The van der Waals surface area contributed by atoms with Crippen molar-refractivity contribution in [3.63, 3.8) is 0 Å². The quantitative estimate of drug-likeness (QED) is 0.581. The number of rotatable bonds is 4. The molecule has 23 heavy (non-hydrogen) atoms. The Bertz CT molecular complexity index is 690. The molecule has 0 aliphatic heterocycles. The van der Waals surface area contributed by atoms with Gasteiger partial charge in [0.2, 0.25) is 0 Å². The molecule has 6 nitrogen and oxygen atoms in total. The number of carboxylic acids is 1. The van der Waals surface area contributed by atoms with Gasteiger partial charge in [0, 0.05) is 12.1 Å². The van der Waals surface area contributed by atoms with Crippen LogP contribution in [0, 0.1) is 17.0 Å². The topological polar surface area (TPSA) is 89.7 Å². The van der Waals surface area contributed by atoms with E-state index in [9.17, 15) is 14.9 Å². The first-order valence-corrected chi connectivity index (χ1v) is 7.63. The van der Waals surface area contributed by atoms with E-state index in [-0.39, 0.29) is 11.3 Å². The lowest BCUT2D eigenvalue weighted by atomic mass is 10.1. The highest BCUT2D eigenvalue weighted by atomic mass is 79.9. The van der Waals surface area contributed by atoms with Gasteiger partial charge in [-0.2, -0.15) is 0 Å². The lowest BCUT2D eigenvalue weighted by Gasteiger charge is -2.11. The van der Waals surface area contributed by atoms with Crippen molar-refractivity contribution in [2.75, 3.05) is 0 Å². The summed E-state index contributed by atoms with van der Waals surface area (Å²) in [6.07, 6.45) is 0. The van der Waals surface area contributed by atoms with E-state index in [1.165, 1.54) is 36.4 Å². The van der Waals surface area contributed by atoms with Crippen LogP contribution in [0.1, 0.15) is 29.8 Å². The summed E-state index contributed by atoms with van der Waals surface area (Å²) in [6, 6.07) is 8.57. The first-order chi connectivity index (χ1) is 10.9. The molecule has 0 saturated heterocycles. The van der Waals surface area contributed by atoms with Crippen molar-refractivity contribution in [1.82, 2.24) is 0 Å². The number of benzene rings is 2. The number of non-ortho nitro benzene ring substituents is 1. The molecule has 0 unspecified atom stereocenters. The summed E-state index contributed by atoms with van der Waals surface area (Å²) in [7, 11) is 0. The summed E-state index contributed by atoms with van der Waals surface area (Å²) in [6.45, 7) is 5.72. The second-order valence-corrected chi connectivity index (χ2v) is 5.12. The predicted molar refractivity (Wildman–Crippen MR) is 90.4 cm³/mol. The first kappa shape index (κ1) is 18.6. The number of nitro groups is 1. The van der Waals surface area contributed by atoms with E-state index >= 15 is 0 Å². The summed E-state index contributed by atoms with van der Waals surface area (Å²) in [5.41, 5.74) is 0.759. The van der Waals surface area contributed by atoms with Crippen molar-refractivity contribution in [3.8, 4) is 11.5 Å². The Morgan fingerprint density at radius 2 is 1.78 bits per heavy atom. The highest BCUT2D eigenvalue weighted by Gasteiger charge is 2.13. The van der Waals surface area contributed by atoms with Crippen LogP contribution in [0.4, 0.5) is 5.69 Å². The molecule has 7 heteroatoms. The number of aryl methyl sites for hydroxylation is 1. The summed E-state index contributed by atoms with van der Waals surface area (Å²) in [4.78, 5) is 21.0. The van der Waals surface area contributed by atoms with E-state index in [0.29, 0.717) is 21.5 Å². The van der Waals surface area contributed by atoms with Crippen LogP contribution in [0.15, 0.2) is 40.9 Å². The molecule has 2 aromatic carbocycles. The van der Waals surface area contributed by atoms with Gasteiger partial charge in [-0.05, 0) is 52.7 Å². The molecule has 0 saturated carbocycles. The molecule has 0 radical (unpaired) electrons. The molecule has 0 heterocycles. The maximum Gasteiger partial charge on any atom is 0.335 e. The van der Waals surface area contributed by atoms with Crippen molar-refractivity contribution in [2.45, 2.75) is 20.8 Å². The molecule has 0 aromatic heterocycles. The Hall–Kier alpha value is -2.41. The molecule has 0 aliphatic carbocycles. The predicted octanol–water partition coefficient (Wildman–Crippen LogP) is 5.18. The number of nitro benzene ring substituents is 1. The van der Waals surface area contributed by atoms with Gasteiger partial charge >= 0.3 is 5.97 Å². The van der Waals surface area contributed by atoms with Gasteiger partial charge in [-0.15, -0.1) is 0 Å². The minimum Gasteiger partial charge on any atom is -0.478 e. The van der Waals surface area contributed by atoms with Crippen molar-refractivity contribution in [2.24, 2.45) is 0 Å². The van der Waals surface area contributed by atoms with Crippen LogP contribution < -0.4 is 4.74 Å². The van der Waals surface area contributed by atoms with Gasteiger partial charge in [-0.25, -0.2) is 4.79 Å². The summed E-state index contributed by atoms with van der Waals surface area (Å²) >= 11 is 3.26. The molecule has 0 bridgehead atoms. The average molecular weight is 382 g/mol. The van der Waals surface area contributed by atoms with Crippen molar-refractivity contribution < 1.29 is 19.6 Å². The zero-order valence-corrected chi connectivity index (χ0v) is 14.5. The van der Waals surface area contributed by atoms with E-state index in [2.05, 4.69) is 15.9 Å². The third kappa shape index (κ3) is 4.79. The monoisotopic (exact) mass is 381 g/mol. The van der Waals surface area contributed by atoms with Gasteiger partial charge in [0.05, 0.1) is 15.0 Å². The number of ether oxygens (including phenoxy) is 1. The number of hydrogen-bond donors (Lipinski definition) is 1. The number of carboxylic acid groups (broad SMARTS) is 1. The number of aromatic carboxylic acids is 1. The Balaban J connectivity index is 0.00000127. The largest absolute Gasteiger partial charge is 0.478 e. The van der Waals surface area contributed by atoms with Gasteiger partial charge < -0.3 is 9.84 Å². The van der Waals surface area contributed by atoms with Crippen LogP contribution in [0.5, 0.6) is 11.5 Å². The first-order valence-electron chi connectivity index (χ1n) is 6.84. The molecule has 2 rings (SSSR count). The van der Waals surface area contributed by atoms with E-state index in [1.54, 1.807) is 6.92 Å². The molecule has 2 aromatic rings. The Morgan fingerprint density at radius 1 is 1.22 bits per heavy atom. The minimum absolute atomic E-state index is 0.0284. The van der Waals surface area contributed by atoms with E-state index in [0.717, 1.165) is 0 Å². The van der Waals surface area contributed by atoms with Crippen molar-refractivity contribution >= 4 is 27.6 Å². The minimum atomic E-state index is -1.03. The second-order valence-electron chi connectivity index (χ2n) is 4.26. The van der Waals surface area contributed by atoms with E-state index < -0.39 is 10.9 Å². The molecule has 1 N–H and O–H groups in total. The molecule has 0 amide bonds. The van der Waals surface area contributed by atoms with Gasteiger partial charge in [0.15, 0.2) is 0 Å². The number of carbonyl (C=O) groups is 1. The Labute approximate surface area is 142 Å². The smallest absolute Gasteiger partial charge is 0.335 e. The SMILES string of the molecule is CC.Cc1cc(C(=O)O)cc(Br)c1Oc1ccc([N+](=O)[O-])cc1. The van der Waals surface area contributed by atoms with Gasteiger partial charge in [-0.1, -0.05) is 13.8 Å². The fourth-order valence-electron chi connectivity index (χ4n) is 1.74. The number of nitrogens with zero attached hydrogens (tertiary/aromatic N) is 1. The van der Waals surface area contributed by atoms with Crippen molar-refractivity contribution in [3.05, 3.63) is 62.1 Å². The van der Waals surface area contributed by atoms with Crippen LogP contribution in [-0.2, 0) is 0 Å². The molecule has 0 aliphatic rings. The normalized spacial score (nSPS) is 9.57. The maximum absolute atomic E-state index is 11.0. The van der Waals surface area contributed by atoms with Gasteiger partial charge in [0.1, 0.15) is 11.5 Å². The highest BCUT2D eigenvalue weighted by molar-refractivity contribution is 9.10.